The van der Waals surface area contributed by atoms with E-state index in [4.69, 9.17) is 10.5 Å². The van der Waals surface area contributed by atoms with E-state index < -0.39 is 4.92 Å². The standard InChI is InChI=1S/C11H17N3O3/c1-3-13(7-8-17-2)10-6-4-5-9(12)11(10)14(15)16/h4-6H,3,7-8,12H2,1-2H3. The molecule has 6 heteroatoms. The highest BCUT2D eigenvalue weighted by Gasteiger charge is 2.21. The summed E-state index contributed by atoms with van der Waals surface area (Å²) in [4.78, 5) is 12.4. The molecule has 0 radical (unpaired) electrons. The predicted molar refractivity (Wildman–Crippen MR) is 67.3 cm³/mol. The molecule has 0 spiro atoms. The lowest BCUT2D eigenvalue weighted by Crippen LogP contribution is -2.27. The minimum atomic E-state index is -0.444. The highest BCUT2D eigenvalue weighted by Crippen LogP contribution is 2.33. The fourth-order valence-corrected chi connectivity index (χ4v) is 1.65. The van der Waals surface area contributed by atoms with Gasteiger partial charge in [-0.05, 0) is 19.1 Å². The molecule has 94 valence electrons. The van der Waals surface area contributed by atoms with Gasteiger partial charge in [0.15, 0.2) is 0 Å². The van der Waals surface area contributed by atoms with E-state index in [0.717, 1.165) is 0 Å². The van der Waals surface area contributed by atoms with Crippen LogP contribution in [0.4, 0.5) is 17.1 Å². The van der Waals surface area contributed by atoms with Crippen LogP contribution in [0.1, 0.15) is 6.92 Å². The van der Waals surface area contributed by atoms with Crippen LogP contribution in [0.2, 0.25) is 0 Å². The summed E-state index contributed by atoms with van der Waals surface area (Å²) >= 11 is 0. The van der Waals surface area contributed by atoms with Crippen LogP contribution in [0, 0.1) is 10.1 Å². The Balaban J connectivity index is 3.09. The van der Waals surface area contributed by atoms with Crippen molar-refractivity contribution in [3.8, 4) is 0 Å². The first-order chi connectivity index (χ1) is 8.11. The molecular formula is C11H17N3O3. The van der Waals surface area contributed by atoms with E-state index in [9.17, 15) is 10.1 Å². The molecule has 6 nitrogen and oxygen atoms in total. The number of nitrogens with zero attached hydrogens (tertiary/aromatic N) is 2. The maximum atomic E-state index is 11.0. The first-order valence-corrected chi connectivity index (χ1v) is 5.38. The Morgan fingerprint density at radius 2 is 2.24 bits per heavy atom. The third-order valence-electron chi connectivity index (χ3n) is 2.52. The minimum Gasteiger partial charge on any atom is -0.393 e. The average molecular weight is 239 g/mol. The first kappa shape index (κ1) is 13.2. The number of hydrogen-bond donors (Lipinski definition) is 1. The maximum absolute atomic E-state index is 11.0. The lowest BCUT2D eigenvalue weighted by Gasteiger charge is -2.22. The van der Waals surface area contributed by atoms with Crippen LogP contribution >= 0.6 is 0 Å². The van der Waals surface area contributed by atoms with E-state index in [0.29, 0.717) is 25.4 Å². The zero-order valence-electron chi connectivity index (χ0n) is 10.0. The molecule has 0 aliphatic carbocycles. The van der Waals surface area contributed by atoms with E-state index in [1.807, 2.05) is 11.8 Å². The van der Waals surface area contributed by atoms with Crippen LogP contribution in [-0.2, 0) is 4.74 Å². The Kier molecular flexibility index (Phi) is 4.71. The second kappa shape index (κ2) is 6.05. The van der Waals surface area contributed by atoms with Crippen molar-refractivity contribution >= 4 is 17.1 Å². The van der Waals surface area contributed by atoms with E-state index >= 15 is 0 Å². The second-order valence-electron chi connectivity index (χ2n) is 3.54. The molecule has 2 N–H and O–H groups in total. The van der Waals surface area contributed by atoms with Gasteiger partial charge < -0.3 is 15.4 Å². The van der Waals surface area contributed by atoms with Crippen molar-refractivity contribution in [1.29, 1.82) is 0 Å². The molecule has 0 bridgehead atoms. The van der Waals surface area contributed by atoms with Gasteiger partial charge in [0.25, 0.3) is 0 Å². The van der Waals surface area contributed by atoms with Gasteiger partial charge in [-0.1, -0.05) is 6.07 Å². The Hall–Kier alpha value is -1.82. The molecule has 0 unspecified atom stereocenters. The van der Waals surface area contributed by atoms with Crippen molar-refractivity contribution in [1.82, 2.24) is 0 Å². The van der Waals surface area contributed by atoms with Crippen molar-refractivity contribution in [2.24, 2.45) is 0 Å². The normalized spacial score (nSPS) is 10.2. The fourth-order valence-electron chi connectivity index (χ4n) is 1.65. The predicted octanol–water partition coefficient (Wildman–Crippen LogP) is 1.65. The SMILES string of the molecule is CCN(CCOC)c1cccc(N)c1[N+](=O)[O-]. The van der Waals surface area contributed by atoms with Gasteiger partial charge in [0.1, 0.15) is 11.4 Å². The van der Waals surface area contributed by atoms with Crippen LogP contribution < -0.4 is 10.6 Å². The zero-order chi connectivity index (χ0) is 12.8. The number of ether oxygens (including phenoxy) is 1. The van der Waals surface area contributed by atoms with Gasteiger partial charge in [-0.3, -0.25) is 10.1 Å². The Bertz CT molecular complexity index is 396. The molecule has 0 amide bonds. The van der Waals surface area contributed by atoms with E-state index in [2.05, 4.69) is 0 Å². The van der Waals surface area contributed by atoms with Gasteiger partial charge in [-0.25, -0.2) is 0 Å². The summed E-state index contributed by atoms with van der Waals surface area (Å²) in [5.74, 6) is 0. The summed E-state index contributed by atoms with van der Waals surface area (Å²) in [6.07, 6.45) is 0. The number of nitro groups is 1. The third-order valence-corrected chi connectivity index (χ3v) is 2.52. The first-order valence-electron chi connectivity index (χ1n) is 5.38. The zero-order valence-corrected chi connectivity index (χ0v) is 10.0. The summed E-state index contributed by atoms with van der Waals surface area (Å²) in [7, 11) is 1.60. The molecule has 1 aromatic carbocycles. The number of benzene rings is 1. The van der Waals surface area contributed by atoms with E-state index in [1.54, 1.807) is 19.2 Å². The number of hydrogen-bond acceptors (Lipinski definition) is 5. The second-order valence-corrected chi connectivity index (χ2v) is 3.54. The van der Waals surface area contributed by atoms with Crippen LogP contribution in [0.5, 0.6) is 0 Å². The summed E-state index contributed by atoms with van der Waals surface area (Å²) in [5.41, 5.74) is 6.33. The molecule has 0 saturated carbocycles. The Labute approximate surface area is 100 Å². The van der Waals surface area contributed by atoms with E-state index in [1.165, 1.54) is 6.07 Å². The molecule has 1 aromatic rings. The summed E-state index contributed by atoms with van der Waals surface area (Å²) in [6.45, 7) is 3.70. The summed E-state index contributed by atoms with van der Waals surface area (Å²) in [6, 6.07) is 4.95. The number of likely N-dealkylation sites (N-methyl/N-ethyl adjacent to an activating group) is 1. The van der Waals surface area contributed by atoms with Gasteiger partial charge in [0.2, 0.25) is 0 Å². The van der Waals surface area contributed by atoms with Crippen LogP contribution in [0.15, 0.2) is 18.2 Å². The molecule has 0 atom stereocenters. The number of rotatable bonds is 6. The highest BCUT2D eigenvalue weighted by atomic mass is 16.6. The topological polar surface area (TPSA) is 81.6 Å². The van der Waals surface area contributed by atoms with Gasteiger partial charge in [-0.2, -0.15) is 0 Å². The molecule has 0 aliphatic heterocycles. The monoisotopic (exact) mass is 239 g/mol. The Morgan fingerprint density at radius 1 is 1.53 bits per heavy atom. The molecular weight excluding hydrogens is 222 g/mol. The maximum Gasteiger partial charge on any atom is 0.315 e. The van der Waals surface area contributed by atoms with Crippen molar-refractivity contribution in [2.75, 3.05) is 37.4 Å². The molecule has 0 saturated heterocycles. The van der Waals surface area contributed by atoms with Gasteiger partial charge in [0.05, 0.1) is 11.5 Å². The smallest absolute Gasteiger partial charge is 0.315 e. The number of para-hydroxylation sites is 1. The molecule has 0 heterocycles. The number of nitrogen functional groups attached to an aromatic ring is 1. The third kappa shape index (κ3) is 3.07. The number of methoxy groups -OCH3 is 1. The lowest BCUT2D eigenvalue weighted by atomic mass is 10.2. The number of nitro benzene ring substituents is 1. The van der Waals surface area contributed by atoms with Crippen molar-refractivity contribution < 1.29 is 9.66 Å². The van der Waals surface area contributed by atoms with Crippen LogP contribution in [-0.4, -0.2) is 31.7 Å². The molecule has 0 aromatic heterocycles. The van der Waals surface area contributed by atoms with Gasteiger partial charge in [-0.15, -0.1) is 0 Å². The van der Waals surface area contributed by atoms with Crippen molar-refractivity contribution in [3.63, 3.8) is 0 Å². The van der Waals surface area contributed by atoms with Crippen LogP contribution in [0.3, 0.4) is 0 Å². The number of anilines is 2. The average Bonchev–Trinajstić information content (AvgIpc) is 2.29. The van der Waals surface area contributed by atoms with Crippen molar-refractivity contribution in [2.45, 2.75) is 6.92 Å². The van der Waals surface area contributed by atoms with Gasteiger partial charge in [0, 0.05) is 20.2 Å². The lowest BCUT2D eigenvalue weighted by molar-refractivity contribution is -0.383. The molecule has 1 rings (SSSR count). The van der Waals surface area contributed by atoms with Gasteiger partial charge >= 0.3 is 5.69 Å². The largest absolute Gasteiger partial charge is 0.393 e. The highest BCUT2D eigenvalue weighted by molar-refractivity contribution is 5.75. The molecule has 0 fully saturated rings. The van der Waals surface area contributed by atoms with Crippen LogP contribution in [0.25, 0.3) is 0 Å². The minimum absolute atomic E-state index is 0.0366. The summed E-state index contributed by atoms with van der Waals surface area (Å²) in [5, 5.41) is 11.0. The summed E-state index contributed by atoms with van der Waals surface area (Å²) < 4.78 is 4.98. The van der Waals surface area contributed by atoms with E-state index in [-0.39, 0.29) is 11.4 Å². The quantitative estimate of drug-likeness (QED) is 0.463. The van der Waals surface area contributed by atoms with Crippen molar-refractivity contribution in [3.05, 3.63) is 28.3 Å². The molecule has 17 heavy (non-hydrogen) atoms. The Morgan fingerprint density at radius 3 is 2.76 bits per heavy atom. The number of nitrogens with two attached hydrogens (primary N) is 1. The molecule has 0 aliphatic rings. The fraction of sp³-hybridized carbons (Fsp3) is 0.455.